The number of carbonyl (C=O) groups excluding carboxylic acids is 2. The van der Waals surface area contributed by atoms with E-state index < -0.39 is 23.0 Å². The normalized spacial score (nSPS) is 18.4. The molecular formula is C16H10F4O4. The molecule has 24 heavy (non-hydrogen) atoms. The van der Waals surface area contributed by atoms with Crippen LogP contribution in [0.5, 0.6) is 0 Å². The number of allylic oxidation sites excluding steroid dienone is 2. The van der Waals surface area contributed by atoms with E-state index in [9.17, 15) is 27.2 Å². The lowest BCUT2D eigenvalue weighted by molar-refractivity contribution is -0.149. The highest BCUT2D eigenvalue weighted by atomic mass is 19.3. The summed E-state index contributed by atoms with van der Waals surface area (Å²) in [6.07, 6.45) is 0.582. The van der Waals surface area contributed by atoms with Gasteiger partial charge in [-0.25, -0.2) is 0 Å². The molecule has 8 heteroatoms. The highest BCUT2D eigenvalue weighted by Gasteiger charge is 2.72. The molecule has 2 aromatic heterocycles. The summed E-state index contributed by atoms with van der Waals surface area (Å²) in [5.41, 5.74) is -2.45. The molecule has 0 atom stereocenters. The molecule has 0 N–H and O–H groups in total. The minimum Gasteiger partial charge on any atom is -0.458 e. The average Bonchev–Trinajstić information content (AvgIpc) is 3.06. The molecule has 2 heterocycles. The number of alkyl halides is 4. The predicted octanol–water partition coefficient (Wildman–Crippen LogP) is 4.31. The monoisotopic (exact) mass is 342 g/mol. The van der Waals surface area contributed by atoms with Gasteiger partial charge in [0.15, 0.2) is 24.1 Å². The lowest BCUT2D eigenvalue weighted by atomic mass is 9.73. The third-order valence-electron chi connectivity index (χ3n) is 3.92. The van der Waals surface area contributed by atoms with E-state index in [1.54, 1.807) is 0 Å². The Morgan fingerprint density at radius 3 is 1.38 bits per heavy atom. The van der Waals surface area contributed by atoms with E-state index in [-0.39, 0.29) is 34.2 Å². The van der Waals surface area contributed by atoms with Gasteiger partial charge in [-0.15, -0.1) is 0 Å². The van der Waals surface area contributed by atoms with Gasteiger partial charge in [0, 0.05) is 22.3 Å². The summed E-state index contributed by atoms with van der Waals surface area (Å²) in [5, 5.41) is 0. The number of aldehydes is 2. The van der Waals surface area contributed by atoms with Gasteiger partial charge in [-0.3, -0.25) is 9.59 Å². The van der Waals surface area contributed by atoms with Crippen molar-refractivity contribution in [3.63, 3.8) is 0 Å². The second kappa shape index (κ2) is 4.93. The number of aryl methyl sites for hydroxylation is 2. The summed E-state index contributed by atoms with van der Waals surface area (Å²) in [4.78, 5) is 21.5. The van der Waals surface area contributed by atoms with Crippen LogP contribution in [-0.2, 0) is 0 Å². The Balaban J connectivity index is 2.31. The first-order valence-electron chi connectivity index (χ1n) is 6.78. The summed E-state index contributed by atoms with van der Waals surface area (Å²) in [5.74, 6) is -9.56. The SMILES string of the molecule is Cc1oc(C=O)cc1C1=C(c2cc(C=O)oc2C)C(F)(F)C1(F)F. The quantitative estimate of drug-likeness (QED) is 0.614. The highest BCUT2D eigenvalue weighted by Crippen LogP contribution is 2.63. The fourth-order valence-electron chi connectivity index (χ4n) is 2.80. The van der Waals surface area contributed by atoms with Gasteiger partial charge in [0.2, 0.25) is 0 Å². The molecule has 3 rings (SSSR count). The molecular weight excluding hydrogens is 332 g/mol. The smallest absolute Gasteiger partial charge is 0.340 e. The van der Waals surface area contributed by atoms with Crippen molar-refractivity contribution in [1.29, 1.82) is 0 Å². The Hall–Kier alpha value is -2.64. The molecule has 1 aliphatic carbocycles. The van der Waals surface area contributed by atoms with Crippen molar-refractivity contribution in [2.45, 2.75) is 25.7 Å². The highest BCUT2D eigenvalue weighted by molar-refractivity contribution is 6.06. The van der Waals surface area contributed by atoms with E-state index in [0.29, 0.717) is 12.6 Å². The van der Waals surface area contributed by atoms with Gasteiger partial charge in [-0.1, -0.05) is 0 Å². The van der Waals surface area contributed by atoms with Crippen LogP contribution in [0, 0.1) is 13.8 Å². The fourth-order valence-corrected chi connectivity index (χ4v) is 2.80. The van der Waals surface area contributed by atoms with E-state index >= 15 is 0 Å². The van der Waals surface area contributed by atoms with Crippen LogP contribution in [0.25, 0.3) is 11.1 Å². The van der Waals surface area contributed by atoms with Crippen LogP contribution in [0.4, 0.5) is 17.6 Å². The van der Waals surface area contributed by atoms with Crippen molar-refractivity contribution in [3.05, 3.63) is 46.3 Å². The first-order chi connectivity index (χ1) is 11.1. The van der Waals surface area contributed by atoms with Crippen molar-refractivity contribution >= 4 is 23.7 Å². The number of rotatable bonds is 4. The van der Waals surface area contributed by atoms with Crippen LogP contribution in [-0.4, -0.2) is 24.4 Å². The lowest BCUT2D eigenvalue weighted by Crippen LogP contribution is -2.51. The molecule has 0 radical (unpaired) electrons. The summed E-state index contributed by atoms with van der Waals surface area (Å²) < 4.78 is 66.2. The maximum absolute atomic E-state index is 14.1. The topological polar surface area (TPSA) is 60.4 Å². The number of halogens is 4. The number of carbonyl (C=O) groups is 2. The number of furan rings is 2. The van der Waals surface area contributed by atoms with Crippen molar-refractivity contribution < 1.29 is 36.0 Å². The number of hydrogen-bond donors (Lipinski definition) is 0. The van der Waals surface area contributed by atoms with Crippen LogP contribution in [0.1, 0.15) is 43.8 Å². The van der Waals surface area contributed by atoms with Gasteiger partial charge in [0.25, 0.3) is 0 Å². The molecule has 0 fully saturated rings. The molecule has 0 spiro atoms. The third-order valence-corrected chi connectivity index (χ3v) is 3.92. The molecule has 0 amide bonds. The largest absolute Gasteiger partial charge is 0.458 e. The van der Waals surface area contributed by atoms with E-state index in [4.69, 9.17) is 8.83 Å². The molecule has 0 saturated heterocycles. The summed E-state index contributed by atoms with van der Waals surface area (Å²) in [6, 6.07) is 1.97. The van der Waals surface area contributed by atoms with Gasteiger partial charge >= 0.3 is 11.8 Å². The van der Waals surface area contributed by atoms with Crippen molar-refractivity contribution in [1.82, 2.24) is 0 Å². The molecule has 1 aliphatic rings. The van der Waals surface area contributed by atoms with Gasteiger partial charge < -0.3 is 8.83 Å². The molecule has 0 saturated carbocycles. The minimum atomic E-state index is -4.44. The summed E-state index contributed by atoms with van der Waals surface area (Å²) in [7, 11) is 0. The molecule has 126 valence electrons. The Morgan fingerprint density at radius 2 is 1.12 bits per heavy atom. The first-order valence-corrected chi connectivity index (χ1v) is 6.78. The van der Waals surface area contributed by atoms with E-state index in [1.807, 2.05) is 0 Å². The molecule has 0 bridgehead atoms. The van der Waals surface area contributed by atoms with Gasteiger partial charge in [0.1, 0.15) is 11.5 Å². The maximum atomic E-state index is 14.1. The predicted molar refractivity (Wildman–Crippen MR) is 74.4 cm³/mol. The zero-order chi connectivity index (χ0) is 17.9. The lowest BCUT2D eigenvalue weighted by Gasteiger charge is -2.41. The Bertz CT molecular complexity index is 814. The zero-order valence-electron chi connectivity index (χ0n) is 12.5. The Labute approximate surface area is 132 Å². The Morgan fingerprint density at radius 1 is 0.792 bits per heavy atom. The van der Waals surface area contributed by atoms with E-state index in [0.717, 1.165) is 12.1 Å². The summed E-state index contributed by atoms with van der Waals surface area (Å²) in [6.45, 7) is 2.58. The standard InChI is InChI=1S/C16H10F4O4/c1-7-11(3-9(5-21)23-7)13-14(16(19,20)15(13,17)18)12-4-10(6-22)24-8(12)2/h3-6H,1-2H3. The number of hydrogen-bond acceptors (Lipinski definition) is 4. The van der Waals surface area contributed by atoms with Crippen LogP contribution in [0.3, 0.4) is 0 Å². The second-order valence-electron chi connectivity index (χ2n) is 5.37. The zero-order valence-corrected chi connectivity index (χ0v) is 12.5. The Kier molecular flexibility index (Phi) is 3.33. The van der Waals surface area contributed by atoms with Crippen LogP contribution in [0.15, 0.2) is 21.0 Å². The van der Waals surface area contributed by atoms with E-state index in [2.05, 4.69) is 0 Å². The van der Waals surface area contributed by atoms with Gasteiger partial charge in [0.05, 0.1) is 0 Å². The molecule has 0 aliphatic heterocycles. The van der Waals surface area contributed by atoms with Gasteiger partial charge in [-0.2, -0.15) is 17.6 Å². The van der Waals surface area contributed by atoms with Crippen molar-refractivity contribution in [2.75, 3.05) is 0 Å². The second-order valence-corrected chi connectivity index (χ2v) is 5.37. The minimum absolute atomic E-state index is 0.0865. The van der Waals surface area contributed by atoms with E-state index in [1.165, 1.54) is 13.8 Å². The van der Waals surface area contributed by atoms with Crippen LogP contribution < -0.4 is 0 Å². The van der Waals surface area contributed by atoms with Crippen LogP contribution in [0.2, 0.25) is 0 Å². The molecule has 2 aromatic rings. The van der Waals surface area contributed by atoms with Crippen molar-refractivity contribution in [2.24, 2.45) is 0 Å². The fraction of sp³-hybridized carbons (Fsp3) is 0.250. The molecule has 0 aromatic carbocycles. The summed E-state index contributed by atoms with van der Waals surface area (Å²) >= 11 is 0. The molecule has 0 unspecified atom stereocenters. The first kappa shape index (κ1) is 16.2. The average molecular weight is 342 g/mol. The maximum Gasteiger partial charge on any atom is 0.340 e. The third kappa shape index (κ3) is 1.92. The van der Waals surface area contributed by atoms with Crippen LogP contribution >= 0.6 is 0 Å². The molecule has 4 nitrogen and oxygen atoms in total. The van der Waals surface area contributed by atoms with Gasteiger partial charge in [-0.05, 0) is 26.0 Å². The van der Waals surface area contributed by atoms with Crippen molar-refractivity contribution in [3.8, 4) is 0 Å².